The summed E-state index contributed by atoms with van der Waals surface area (Å²) in [5.41, 5.74) is 7.92. The lowest BCUT2D eigenvalue weighted by atomic mass is 10.1. The van der Waals surface area contributed by atoms with Gasteiger partial charge in [0, 0.05) is 37.4 Å². The minimum absolute atomic E-state index is 0. The molecule has 1 aromatic rings. The highest BCUT2D eigenvalue weighted by Gasteiger charge is 2.21. The van der Waals surface area contributed by atoms with Gasteiger partial charge in [-0.25, -0.2) is 0 Å². The van der Waals surface area contributed by atoms with E-state index < -0.39 is 0 Å². The van der Waals surface area contributed by atoms with Gasteiger partial charge < -0.3 is 15.8 Å². The molecular weight excluding hydrogens is 349 g/mol. The molecular formula is C17H29Cl2N3O2. The molecule has 1 aliphatic rings. The fourth-order valence-electron chi connectivity index (χ4n) is 2.77. The molecule has 3 N–H and O–H groups in total. The van der Waals surface area contributed by atoms with Crippen molar-refractivity contribution in [1.29, 1.82) is 0 Å². The van der Waals surface area contributed by atoms with Gasteiger partial charge in [-0.05, 0) is 30.5 Å². The quantitative estimate of drug-likeness (QED) is 0.773. The van der Waals surface area contributed by atoms with Crippen LogP contribution in [0.15, 0.2) is 18.2 Å². The third kappa shape index (κ3) is 6.85. The van der Waals surface area contributed by atoms with Gasteiger partial charge in [-0.2, -0.15) is 0 Å². The molecule has 1 aliphatic heterocycles. The number of benzene rings is 1. The van der Waals surface area contributed by atoms with Crippen LogP contribution >= 0.6 is 24.8 Å². The van der Waals surface area contributed by atoms with Crippen LogP contribution in [0.4, 0.5) is 5.69 Å². The van der Waals surface area contributed by atoms with Crippen molar-refractivity contribution in [1.82, 2.24) is 10.2 Å². The first-order valence-corrected chi connectivity index (χ1v) is 7.94. The molecule has 2 rings (SSSR count). The summed E-state index contributed by atoms with van der Waals surface area (Å²) < 4.78 is 5.75. The lowest BCUT2D eigenvalue weighted by Crippen LogP contribution is -2.48. The van der Waals surface area contributed by atoms with Crippen molar-refractivity contribution in [2.45, 2.75) is 26.9 Å². The van der Waals surface area contributed by atoms with Crippen LogP contribution in [-0.2, 0) is 4.74 Å². The molecule has 138 valence electrons. The van der Waals surface area contributed by atoms with Crippen LogP contribution in [-0.4, -0.2) is 49.7 Å². The maximum Gasteiger partial charge on any atom is 0.251 e. The second-order valence-electron chi connectivity index (χ2n) is 6.43. The van der Waals surface area contributed by atoms with Crippen molar-refractivity contribution in [2.75, 3.05) is 38.5 Å². The molecule has 0 aromatic heterocycles. The Morgan fingerprint density at radius 1 is 1.42 bits per heavy atom. The maximum absolute atomic E-state index is 12.3. The van der Waals surface area contributed by atoms with Gasteiger partial charge in [0.25, 0.3) is 5.91 Å². The van der Waals surface area contributed by atoms with Gasteiger partial charge in [-0.15, -0.1) is 24.8 Å². The second-order valence-corrected chi connectivity index (χ2v) is 6.43. The number of nitrogens with one attached hydrogen (secondary N) is 1. The van der Waals surface area contributed by atoms with E-state index in [1.807, 2.05) is 13.0 Å². The highest BCUT2D eigenvalue weighted by Crippen LogP contribution is 2.13. The molecule has 1 unspecified atom stereocenters. The van der Waals surface area contributed by atoms with E-state index >= 15 is 0 Å². The number of carbonyl (C=O) groups excluding carboxylic acids is 1. The Morgan fingerprint density at radius 3 is 2.79 bits per heavy atom. The van der Waals surface area contributed by atoms with Gasteiger partial charge in [0.2, 0.25) is 0 Å². The summed E-state index contributed by atoms with van der Waals surface area (Å²) in [6.07, 6.45) is 0.0535. The molecule has 7 heteroatoms. The SMILES string of the molecule is Cc1ccc(N)cc1C(=O)NCC1CN(CC(C)C)CCO1.Cl.Cl. The first-order chi connectivity index (χ1) is 10.5. The van der Waals surface area contributed by atoms with Crippen molar-refractivity contribution < 1.29 is 9.53 Å². The van der Waals surface area contributed by atoms with Gasteiger partial charge in [-0.3, -0.25) is 9.69 Å². The number of nitrogens with zero attached hydrogens (tertiary/aromatic N) is 1. The molecule has 1 aromatic carbocycles. The predicted molar refractivity (Wildman–Crippen MR) is 103 cm³/mol. The average Bonchev–Trinajstić information content (AvgIpc) is 2.47. The summed E-state index contributed by atoms with van der Waals surface area (Å²) in [6.45, 7) is 10.5. The first-order valence-electron chi connectivity index (χ1n) is 7.94. The lowest BCUT2D eigenvalue weighted by Gasteiger charge is -2.34. The number of nitrogen functional groups attached to an aromatic ring is 1. The van der Waals surface area contributed by atoms with Crippen LogP contribution in [0.25, 0.3) is 0 Å². The zero-order chi connectivity index (χ0) is 16.1. The first kappa shape index (κ1) is 23.0. The van der Waals surface area contributed by atoms with Gasteiger partial charge in [0.05, 0.1) is 12.7 Å². The number of aryl methyl sites for hydroxylation is 1. The zero-order valence-corrected chi connectivity index (χ0v) is 16.2. The number of rotatable bonds is 5. The molecule has 1 heterocycles. The Kier molecular flexibility index (Phi) is 10.3. The van der Waals surface area contributed by atoms with Crippen LogP contribution in [0.3, 0.4) is 0 Å². The third-order valence-corrected chi connectivity index (χ3v) is 3.84. The summed E-state index contributed by atoms with van der Waals surface area (Å²) in [6, 6.07) is 5.39. The highest BCUT2D eigenvalue weighted by molar-refractivity contribution is 5.96. The number of halogens is 2. The molecule has 0 bridgehead atoms. The van der Waals surface area contributed by atoms with Crippen LogP contribution in [0.1, 0.15) is 29.8 Å². The third-order valence-electron chi connectivity index (χ3n) is 3.84. The Labute approximate surface area is 157 Å². The summed E-state index contributed by atoms with van der Waals surface area (Å²) in [5, 5.41) is 2.96. The topological polar surface area (TPSA) is 67.6 Å². The van der Waals surface area contributed by atoms with Crippen molar-refractivity contribution in [3.05, 3.63) is 29.3 Å². The summed E-state index contributed by atoms with van der Waals surface area (Å²) in [5.74, 6) is 0.553. The minimum Gasteiger partial charge on any atom is -0.399 e. The number of hydrogen-bond acceptors (Lipinski definition) is 4. The Bertz CT molecular complexity index is 527. The second kappa shape index (κ2) is 10.8. The van der Waals surface area contributed by atoms with Crippen LogP contribution < -0.4 is 11.1 Å². The lowest BCUT2D eigenvalue weighted by molar-refractivity contribution is -0.0295. The predicted octanol–water partition coefficient (Wildman–Crippen LogP) is 2.51. The van der Waals surface area contributed by atoms with E-state index in [2.05, 4.69) is 24.1 Å². The molecule has 5 nitrogen and oxygen atoms in total. The smallest absolute Gasteiger partial charge is 0.251 e. The van der Waals surface area contributed by atoms with E-state index in [9.17, 15) is 4.79 Å². The summed E-state index contributed by atoms with van der Waals surface area (Å²) in [7, 11) is 0. The number of nitrogens with two attached hydrogens (primary N) is 1. The van der Waals surface area contributed by atoms with E-state index in [0.717, 1.165) is 31.8 Å². The van der Waals surface area contributed by atoms with Gasteiger partial charge in [-0.1, -0.05) is 19.9 Å². The minimum atomic E-state index is -0.0885. The van der Waals surface area contributed by atoms with Crippen LogP contribution in [0, 0.1) is 12.8 Å². The van der Waals surface area contributed by atoms with Crippen LogP contribution in [0.2, 0.25) is 0 Å². The standard InChI is InChI=1S/C17H27N3O2.2ClH/c1-12(2)10-20-6-7-22-15(11-20)9-19-17(21)16-8-14(18)5-4-13(16)3;;/h4-5,8,12,15H,6-7,9-11,18H2,1-3H3,(H,19,21);2*1H. The van der Waals surface area contributed by atoms with Crippen LogP contribution in [0.5, 0.6) is 0 Å². The molecule has 0 saturated carbocycles. The van der Waals surface area contributed by atoms with Crippen molar-refractivity contribution in [2.24, 2.45) is 5.92 Å². The number of ether oxygens (including phenoxy) is 1. The fourth-order valence-corrected chi connectivity index (χ4v) is 2.77. The van der Waals surface area contributed by atoms with E-state index in [1.54, 1.807) is 12.1 Å². The van der Waals surface area contributed by atoms with Crippen molar-refractivity contribution in [3.63, 3.8) is 0 Å². The number of morpholine rings is 1. The molecule has 1 atom stereocenters. The monoisotopic (exact) mass is 377 g/mol. The molecule has 1 saturated heterocycles. The van der Waals surface area contributed by atoms with Gasteiger partial charge >= 0.3 is 0 Å². The molecule has 0 aliphatic carbocycles. The Balaban J connectivity index is 0.00000264. The van der Waals surface area contributed by atoms with E-state index in [0.29, 0.717) is 23.7 Å². The molecule has 1 fully saturated rings. The normalized spacial score (nSPS) is 17.8. The van der Waals surface area contributed by atoms with E-state index in [4.69, 9.17) is 10.5 Å². The number of carbonyl (C=O) groups is 1. The number of amides is 1. The van der Waals surface area contributed by atoms with E-state index in [-0.39, 0.29) is 36.8 Å². The maximum atomic E-state index is 12.3. The van der Waals surface area contributed by atoms with Gasteiger partial charge in [0.1, 0.15) is 0 Å². The summed E-state index contributed by atoms with van der Waals surface area (Å²) >= 11 is 0. The molecule has 0 spiro atoms. The molecule has 1 amide bonds. The van der Waals surface area contributed by atoms with Gasteiger partial charge in [0.15, 0.2) is 0 Å². The largest absolute Gasteiger partial charge is 0.399 e. The zero-order valence-electron chi connectivity index (χ0n) is 14.6. The Morgan fingerprint density at radius 2 is 2.12 bits per heavy atom. The fraction of sp³-hybridized carbons (Fsp3) is 0.588. The molecule has 0 radical (unpaired) electrons. The Hall–Kier alpha value is -1.01. The number of hydrogen-bond donors (Lipinski definition) is 2. The summed E-state index contributed by atoms with van der Waals surface area (Å²) in [4.78, 5) is 14.7. The average molecular weight is 378 g/mol. The highest BCUT2D eigenvalue weighted by atomic mass is 35.5. The van der Waals surface area contributed by atoms with E-state index in [1.165, 1.54) is 0 Å². The number of anilines is 1. The molecule has 24 heavy (non-hydrogen) atoms. The van der Waals surface area contributed by atoms with Crippen molar-refractivity contribution >= 4 is 36.4 Å². The van der Waals surface area contributed by atoms with Crippen molar-refractivity contribution in [3.8, 4) is 0 Å².